The van der Waals surface area contributed by atoms with E-state index in [2.05, 4.69) is 9.88 Å². The van der Waals surface area contributed by atoms with Gasteiger partial charge in [0.2, 0.25) is 5.91 Å². The first-order chi connectivity index (χ1) is 20.4. The minimum absolute atomic E-state index is 0.0263. The van der Waals surface area contributed by atoms with Gasteiger partial charge >= 0.3 is 12.4 Å². The normalized spacial score (nSPS) is 20.6. The number of rotatable bonds is 5. The van der Waals surface area contributed by atoms with Crippen LogP contribution in [0.2, 0.25) is 0 Å². The van der Waals surface area contributed by atoms with Crippen molar-refractivity contribution < 1.29 is 40.6 Å². The highest BCUT2D eigenvalue weighted by atomic mass is 19.4. The molecule has 5 rings (SSSR count). The van der Waals surface area contributed by atoms with Crippen molar-refractivity contribution in [2.75, 3.05) is 16.8 Å². The Bertz CT molecular complexity index is 1540. The highest BCUT2D eigenvalue weighted by molar-refractivity contribution is 6.03. The summed E-state index contributed by atoms with van der Waals surface area (Å²) in [6, 6.07) is 7.18. The van der Waals surface area contributed by atoms with E-state index in [0.717, 1.165) is 17.7 Å². The average Bonchev–Trinajstić information content (AvgIpc) is 3.21. The maximum absolute atomic E-state index is 14.1. The Kier molecular flexibility index (Phi) is 7.97. The van der Waals surface area contributed by atoms with Crippen LogP contribution in [0.3, 0.4) is 0 Å². The summed E-state index contributed by atoms with van der Waals surface area (Å²) in [7, 11) is 1.38. The van der Waals surface area contributed by atoms with Crippen molar-refractivity contribution in [1.82, 2.24) is 4.98 Å². The van der Waals surface area contributed by atoms with Crippen molar-refractivity contribution in [3.8, 4) is 11.1 Å². The Morgan fingerprint density at radius 1 is 0.886 bits per heavy atom. The van der Waals surface area contributed by atoms with Gasteiger partial charge in [0.15, 0.2) is 0 Å². The molecule has 3 atom stereocenters. The molecular weight excluding hydrogens is 591 g/mol. The molecule has 236 valence electrons. The molecule has 0 aliphatic carbocycles. The molecule has 3 heterocycles. The Labute approximate surface area is 250 Å². The minimum atomic E-state index is -5.07. The van der Waals surface area contributed by atoms with Gasteiger partial charge in [-0.15, -0.1) is 0 Å². The number of carbonyl (C=O) groups is 1. The van der Waals surface area contributed by atoms with E-state index in [-0.39, 0.29) is 23.8 Å². The first-order valence-corrected chi connectivity index (χ1v) is 14.2. The molecular formula is C32H32F7N3O2. The van der Waals surface area contributed by atoms with Crippen molar-refractivity contribution in [2.45, 2.75) is 82.4 Å². The van der Waals surface area contributed by atoms with Crippen LogP contribution in [0.15, 0.2) is 48.7 Å². The molecule has 2 aromatic carbocycles. The first-order valence-electron chi connectivity index (χ1n) is 14.2. The number of benzene rings is 2. The molecule has 44 heavy (non-hydrogen) atoms. The van der Waals surface area contributed by atoms with Crippen LogP contribution in [0.1, 0.15) is 61.8 Å². The number of fused-ring (bicyclic) bond motifs is 2. The smallest absolute Gasteiger partial charge is 0.393 e. The lowest BCUT2D eigenvalue weighted by Gasteiger charge is -2.38. The van der Waals surface area contributed by atoms with Gasteiger partial charge in [0.05, 0.1) is 34.5 Å². The predicted octanol–water partition coefficient (Wildman–Crippen LogP) is 7.67. The zero-order valence-electron chi connectivity index (χ0n) is 24.5. The molecule has 0 spiro atoms. The second kappa shape index (κ2) is 11.0. The Morgan fingerprint density at radius 2 is 1.43 bits per heavy atom. The second-order valence-corrected chi connectivity index (χ2v) is 12.2. The largest absolute Gasteiger partial charge is 0.416 e. The van der Waals surface area contributed by atoms with Crippen molar-refractivity contribution >= 4 is 17.4 Å². The number of piperidine rings is 1. The van der Waals surface area contributed by atoms with Crippen LogP contribution in [0, 0.1) is 12.7 Å². The standard InChI is InChI=1S/C32H32F7N3O2/c1-17-9-21(33)5-8-25(17)26-15-28(42-22-6-7-23(42)14-24(43)13-22)40-16-27(26)41(4)29(44)30(2,3)18-10-19(31(34,35)36)12-20(11-18)32(37,38)39/h5,8-12,15-16,22-24,43H,6-7,13-14H2,1-4H3/t22-,23?,24?/m0/s1. The quantitative estimate of drug-likeness (QED) is 0.297. The van der Waals surface area contributed by atoms with Gasteiger partial charge in [0.25, 0.3) is 0 Å². The number of aliphatic hydroxyl groups excluding tert-OH is 1. The molecule has 2 aliphatic rings. The topological polar surface area (TPSA) is 56.7 Å². The number of aliphatic hydroxyl groups is 1. The maximum atomic E-state index is 14.1. The Hall–Kier alpha value is -3.67. The molecule has 0 saturated carbocycles. The molecule has 2 fully saturated rings. The zero-order chi connectivity index (χ0) is 32.4. The van der Waals surface area contributed by atoms with E-state index in [1.54, 1.807) is 19.1 Å². The summed E-state index contributed by atoms with van der Waals surface area (Å²) in [6.07, 6.45) is -6.21. The summed E-state index contributed by atoms with van der Waals surface area (Å²) in [4.78, 5) is 21.9. The summed E-state index contributed by atoms with van der Waals surface area (Å²) in [5.41, 5.74) is -3.45. The molecule has 0 radical (unpaired) electrons. The lowest BCUT2D eigenvalue weighted by Crippen LogP contribution is -2.45. The van der Waals surface area contributed by atoms with Gasteiger partial charge in [-0.05, 0) is 99.5 Å². The fraction of sp³-hybridized carbons (Fsp3) is 0.438. The lowest BCUT2D eigenvalue weighted by molar-refractivity contribution is -0.143. The van der Waals surface area contributed by atoms with Gasteiger partial charge in [-0.1, -0.05) is 6.07 Å². The molecule has 1 aromatic heterocycles. The van der Waals surface area contributed by atoms with Crippen LogP contribution in [-0.2, 0) is 22.6 Å². The second-order valence-electron chi connectivity index (χ2n) is 12.2. The molecule has 2 unspecified atom stereocenters. The summed E-state index contributed by atoms with van der Waals surface area (Å²) < 4.78 is 95.8. The third-order valence-electron chi connectivity index (χ3n) is 8.83. The van der Waals surface area contributed by atoms with E-state index in [1.165, 1.54) is 39.2 Å². The fourth-order valence-corrected chi connectivity index (χ4v) is 6.48. The lowest BCUT2D eigenvalue weighted by atomic mass is 9.81. The van der Waals surface area contributed by atoms with E-state index >= 15 is 0 Å². The minimum Gasteiger partial charge on any atom is -0.393 e. The zero-order valence-corrected chi connectivity index (χ0v) is 24.5. The molecule has 3 aromatic rings. The van der Waals surface area contributed by atoms with E-state index in [0.29, 0.717) is 47.5 Å². The monoisotopic (exact) mass is 623 g/mol. The third kappa shape index (κ3) is 5.88. The molecule has 5 nitrogen and oxygen atoms in total. The summed E-state index contributed by atoms with van der Waals surface area (Å²) in [5, 5.41) is 10.3. The summed E-state index contributed by atoms with van der Waals surface area (Å²) >= 11 is 0. The SMILES string of the molecule is Cc1cc(F)ccc1-c1cc(N2C3CC[C@H]2CC(O)C3)ncc1N(C)C(=O)C(C)(C)c1cc(C(F)(F)F)cc(C(F)(F)F)c1. The van der Waals surface area contributed by atoms with Crippen LogP contribution in [0.4, 0.5) is 42.2 Å². The fourth-order valence-electron chi connectivity index (χ4n) is 6.48. The molecule has 2 saturated heterocycles. The molecule has 2 bridgehead atoms. The van der Waals surface area contributed by atoms with Crippen molar-refractivity contribution in [3.63, 3.8) is 0 Å². The van der Waals surface area contributed by atoms with E-state index in [9.17, 15) is 40.6 Å². The number of alkyl halides is 6. The van der Waals surface area contributed by atoms with Crippen LogP contribution < -0.4 is 9.80 Å². The average molecular weight is 624 g/mol. The molecule has 1 N–H and O–H groups in total. The number of aromatic nitrogens is 1. The number of likely N-dealkylation sites (N-methyl/N-ethyl adjacent to an activating group) is 1. The molecule has 12 heteroatoms. The van der Waals surface area contributed by atoms with E-state index in [1.807, 2.05) is 0 Å². The highest BCUT2D eigenvalue weighted by Gasteiger charge is 2.43. The van der Waals surface area contributed by atoms with Gasteiger partial charge in [-0.25, -0.2) is 9.37 Å². The number of aryl methyl sites for hydroxylation is 1. The Balaban J connectivity index is 1.60. The number of amides is 1. The van der Waals surface area contributed by atoms with Gasteiger partial charge in [0, 0.05) is 24.7 Å². The van der Waals surface area contributed by atoms with Gasteiger partial charge in [0.1, 0.15) is 11.6 Å². The number of carbonyl (C=O) groups excluding carboxylic acids is 1. The van der Waals surface area contributed by atoms with Crippen LogP contribution in [0.25, 0.3) is 11.1 Å². The number of anilines is 2. The Morgan fingerprint density at radius 3 is 1.95 bits per heavy atom. The number of halogens is 7. The van der Waals surface area contributed by atoms with Crippen LogP contribution >= 0.6 is 0 Å². The summed E-state index contributed by atoms with van der Waals surface area (Å²) in [5.74, 6) is -0.651. The van der Waals surface area contributed by atoms with Crippen LogP contribution in [0.5, 0.6) is 0 Å². The molecule has 1 amide bonds. The maximum Gasteiger partial charge on any atom is 0.416 e. The van der Waals surface area contributed by atoms with Gasteiger partial charge in [-0.2, -0.15) is 26.3 Å². The number of pyridine rings is 1. The number of hydrogen-bond acceptors (Lipinski definition) is 4. The van der Waals surface area contributed by atoms with E-state index < -0.39 is 52.3 Å². The van der Waals surface area contributed by atoms with Gasteiger partial charge < -0.3 is 14.9 Å². The predicted molar refractivity (Wildman–Crippen MR) is 152 cm³/mol. The van der Waals surface area contributed by atoms with Crippen molar-refractivity contribution in [2.24, 2.45) is 0 Å². The number of nitrogens with zero attached hydrogens (tertiary/aromatic N) is 3. The number of hydrogen-bond donors (Lipinski definition) is 1. The third-order valence-corrected chi connectivity index (χ3v) is 8.83. The van der Waals surface area contributed by atoms with Crippen molar-refractivity contribution in [3.05, 3.63) is 76.7 Å². The molecule has 2 aliphatic heterocycles. The summed E-state index contributed by atoms with van der Waals surface area (Å²) in [6.45, 7) is 4.22. The highest BCUT2D eigenvalue weighted by Crippen LogP contribution is 2.44. The van der Waals surface area contributed by atoms with E-state index in [4.69, 9.17) is 0 Å². The first kappa shape index (κ1) is 31.7. The van der Waals surface area contributed by atoms with Gasteiger partial charge in [-0.3, -0.25) is 4.79 Å². The van der Waals surface area contributed by atoms with Crippen molar-refractivity contribution in [1.29, 1.82) is 0 Å². The van der Waals surface area contributed by atoms with Crippen LogP contribution in [-0.4, -0.2) is 41.2 Å².